The number of carbonyl (C=O) groups excluding carboxylic acids is 1. The average Bonchev–Trinajstić information content (AvgIpc) is 2.63. The number of hydrogen-bond acceptors (Lipinski definition) is 4. The minimum atomic E-state index is -3.59. The van der Waals surface area contributed by atoms with Gasteiger partial charge < -0.3 is 10.6 Å². The number of carbonyl (C=O) groups is 1. The summed E-state index contributed by atoms with van der Waals surface area (Å²) in [6.07, 6.45) is 0. The summed E-state index contributed by atoms with van der Waals surface area (Å²) in [4.78, 5) is 14.4. The van der Waals surface area contributed by atoms with Gasteiger partial charge in [0.25, 0.3) is 0 Å². The lowest BCUT2D eigenvalue weighted by Crippen LogP contribution is -2.52. The molecule has 1 aliphatic heterocycles. The Bertz CT molecular complexity index is 787. The Morgan fingerprint density at radius 1 is 0.926 bits per heavy atom. The first-order valence-electron chi connectivity index (χ1n) is 9.10. The van der Waals surface area contributed by atoms with Crippen LogP contribution in [0.15, 0.2) is 4.90 Å². The molecule has 154 valence electrons. The van der Waals surface area contributed by atoms with Gasteiger partial charge in [0, 0.05) is 38.6 Å². The molecule has 0 aromatic heterocycles. The number of amides is 1. The van der Waals surface area contributed by atoms with E-state index in [2.05, 4.69) is 0 Å². The number of benzene rings is 1. The Morgan fingerprint density at radius 3 is 1.74 bits per heavy atom. The molecule has 1 amide bonds. The number of hydrogen-bond donors (Lipinski definition) is 1. The lowest BCUT2D eigenvalue weighted by atomic mass is 9.95. The maximum absolute atomic E-state index is 13.3. The molecule has 1 aromatic carbocycles. The van der Waals surface area contributed by atoms with Gasteiger partial charge in [0.05, 0.1) is 4.90 Å². The molecule has 1 atom stereocenters. The topological polar surface area (TPSA) is 83.7 Å². The molecular weight excluding hydrogens is 386 g/mol. The molecule has 1 saturated heterocycles. The van der Waals surface area contributed by atoms with Crippen LogP contribution in [0.1, 0.15) is 34.7 Å². The van der Waals surface area contributed by atoms with Crippen LogP contribution in [0.3, 0.4) is 0 Å². The van der Waals surface area contributed by atoms with Gasteiger partial charge in [-0.15, -0.1) is 12.4 Å². The van der Waals surface area contributed by atoms with Crippen molar-refractivity contribution in [2.45, 2.75) is 46.4 Å². The standard InChI is InChI=1S/C19H31N3O3S.ClH/c1-12(11-20)19(23)21-7-9-22(10-8-21)26(24,25)18-16(5)14(3)13(2)15(4)17(18)6;/h12H,7-11,20H2,1-6H3;1H. The zero-order valence-electron chi connectivity index (χ0n) is 17.1. The van der Waals surface area contributed by atoms with E-state index in [1.807, 2.05) is 34.6 Å². The van der Waals surface area contributed by atoms with Crippen molar-refractivity contribution in [2.75, 3.05) is 32.7 Å². The smallest absolute Gasteiger partial charge is 0.243 e. The Kier molecular flexibility index (Phi) is 7.88. The van der Waals surface area contributed by atoms with Crippen molar-refractivity contribution < 1.29 is 13.2 Å². The fraction of sp³-hybridized carbons (Fsp3) is 0.632. The highest BCUT2D eigenvalue weighted by molar-refractivity contribution is 7.89. The third-order valence-electron chi connectivity index (χ3n) is 5.85. The highest BCUT2D eigenvalue weighted by Crippen LogP contribution is 2.32. The van der Waals surface area contributed by atoms with E-state index in [-0.39, 0.29) is 24.2 Å². The number of nitrogens with two attached hydrogens (primary N) is 1. The number of piperazine rings is 1. The quantitative estimate of drug-likeness (QED) is 0.812. The summed E-state index contributed by atoms with van der Waals surface area (Å²) in [5.74, 6) is -0.232. The molecule has 8 heteroatoms. The summed E-state index contributed by atoms with van der Waals surface area (Å²) in [5.41, 5.74) is 10.4. The van der Waals surface area contributed by atoms with Crippen molar-refractivity contribution in [2.24, 2.45) is 11.7 Å². The highest BCUT2D eigenvalue weighted by atomic mass is 35.5. The monoisotopic (exact) mass is 417 g/mol. The average molecular weight is 418 g/mol. The normalized spacial score (nSPS) is 16.8. The maximum atomic E-state index is 13.3. The maximum Gasteiger partial charge on any atom is 0.243 e. The number of sulfonamides is 1. The number of rotatable bonds is 4. The van der Waals surface area contributed by atoms with Crippen molar-refractivity contribution in [1.82, 2.24) is 9.21 Å². The van der Waals surface area contributed by atoms with Crippen LogP contribution in [-0.4, -0.2) is 56.3 Å². The molecule has 1 aliphatic rings. The third kappa shape index (κ3) is 4.31. The molecule has 1 fully saturated rings. The van der Waals surface area contributed by atoms with Gasteiger partial charge >= 0.3 is 0 Å². The van der Waals surface area contributed by atoms with Crippen LogP contribution in [0.2, 0.25) is 0 Å². The lowest BCUT2D eigenvalue weighted by molar-refractivity contribution is -0.135. The van der Waals surface area contributed by atoms with Gasteiger partial charge in [-0.2, -0.15) is 4.31 Å². The minimum absolute atomic E-state index is 0. The van der Waals surface area contributed by atoms with E-state index in [1.165, 1.54) is 4.31 Å². The Balaban J connectivity index is 0.00000364. The van der Waals surface area contributed by atoms with Crippen LogP contribution in [0.25, 0.3) is 0 Å². The van der Waals surface area contributed by atoms with Gasteiger partial charge in [-0.3, -0.25) is 4.79 Å². The molecule has 1 unspecified atom stereocenters. The molecule has 2 N–H and O–H groups in total. The Hall–Kier alpha value is -1.15. The van der Waals surface area contributed by atoms with Crippen LogP contribution in [-0.2, 0) is 14.8 Å². The number of halogens is 1. The summed E-state index contributed by atoms with van der Waals surface area (Å²) in [5, 5.41) is 0. The van der Waals surface area contributed by atoms with Crippen molar-refractivity contribution in [3.05, 3.63) is 27.8 Å². The van der Waals surface area contributed by atoms with Crippen molar-refractivity contribution in [3.8, 4) is 0 Å². The Labute approximate surface area is 169 Å². The third-order valence-corrected chi connectivity index (χ3v) is 8.03. The van der Waals surface area contributed by atoms with Crippen LogP contribution >= 0.6 is 12.4 Å². The van der Waals surface area contributed by atoms with Crippen LogP contribution in [0, 0.1) is 40.5 Å². The van der Waals surface area contributed by atoms with E-state index in [9.17, 15) is 13.2 Å². The van der Waals surface area contributed by atoms with E-state index in [0.29, 0.717) is 37.6 Å². The van der Waals surface area contributed by atoms with Gasteiger partial charge in [-0.1, -0.05) is 6.92 Å². The second kappa shape index (κ2) is 8.90. The Morgan fingerprint density at radius 2 is 1.33 bits per heavy atom. The molecule has 0 saturated carbocycles. The van der Waals surface area contributed by atoms with E-state index in [1.54, 1.807) is 11.8 Å². The van der Waals surface area contributed by atoms with Gasteiger partial charge in [0.1, 0.15) is 0 Å². The van der Waals surface area contributed by atoms with Crippen LogP contribution in [0.5, 0.6) is 0 Å². The number of nitrogens with zero attached hydrogens (tertiary/aromatic N) is 2. The lowest BCUT2D eigenvalue weighted by Gasteiger charge is -2.36. The molecular formula is C19H32ClN3O3S. The van der Waals surface area contributed by atoms with Crippen molar-refractivity contribution >= 4 is 28.3 Å². The highest BCUT2D eigenvalue weighted by Gasteiger charge is 2.33. The summed E-state index contributed by atoms with van der Waals surface area (Å²) >= 11 is 0. The van der Waals surface area contributed by atoms with Crippen molar-refractivity contribution in [1.29, 1.82) is 0 Å². The molecule has 27 heavy (non-hydrogen) atoms. The largest absolute Gasteiger partial charge is 0.340 e. The molecule has 0 bridgehead atoms. The van der Waals surface area contributed by atoms with E-state index in [0.717, 1.165) is 27.8 Å². The zero-order valence-corrected chi connectivity index (χ0v) is 18.8. The molecule has 0 spiro atoms. The predicted octanol–water partition coefficient (Wildman–Crippen LogP) is 2.08. The van der Waals surface area contributed by atoms with Gasteiger partial charge in [0.2, 0.25) is 15.9 Å². The predicted molar refractivity (Wildman–Crippen MR) is 111 cm³/mol. The van der Waals surface area contributed by atoms with E-state index >= 15 is 0 Å². The fourth-order valence-electron chi connectivity index (χ4n) is 3.54. The summed E-state index contributed by atoms with van der Waals surface area (Å²) in [7, 11) is -3.59. The molecule has 1 heterocycles. The molecule has 0 aliphatic carbocycles. The zero-order chi connectivity index (χ0) is 19.8. The van der Waals surface area contributed by atoms with Gasteiger partial charge in [0.15, 0.2) is 0 Å². The SMILES string of the molecule is Cc1c(C)c(C)c(S(=O)(=O)N2CCN(C(=O)C(C)CN)CC2)c(C)c1C.Cl. The van der Waals surface area contributed by atoms with E-state index < -0.39 is 10.0 Å². The minimum Gasteiger partial charge on any atom is -0.340 e. The van der Waals surface area contributed by atoms with E-state index in [4.69, 9.17) is 5.73 Å². The van der Waals surface area contributed by atoms with Crippen LogP contribution < -0.4 is 5.73 Å². The first-order chi connectivity index (χ1) is 12.0. The first-order valence-corrected chi connectivity index (χ1v) is 10.5. The second-order valence-electron chi connectivity index (χ2n) is 7.32. The van der Waals surface area contributed by atoms with Gasteiger partial charge in [-0.05, 0) is 62.4 Å². The molecule has 1 aromatic rings. The van der Waals surface area contributed by atoms with Crippen LogP contribution in [0.4, 0.5) is 0 Å². The van der Waals surface area contributed by atoms with Crippen molar-refractivity contribution in [3.63, 3.8) is 0 Å². The molecule has 6 nitrogen and oxygen atoms in total. The van der Waals surface area contributed by atoms with Gasteiger partial charge in [-0.25, -0.2) is 8.42 Å². The summed E-state index contributed by atoms with van der Waals surface area (Å²) in [6.45, 7) is 13.3. The summed E-state index contributed by atoms with van der Waals surface area (Å²) in [6, 6.07) is 0. The fourth-order valence-corrected chi connectivity index (χ4v) is 5.53. The molecule has 0 radical (unpaired) electrons. The second-order valence-corrected chi connectivity index (χ2v) is 9.20. The summed E-state index contributed by atoms with van der Waals surface area (Å²) < 4.78 is 28.1. The molecule has 2 rings (SSSR count). The first kappa shape index (κ1) is 23.9.